The summed E-state index contributed by atoms with van der Waals surface area (Å²) in [5.41, 5.74) is 3.13. The number of para-hydroxylation sites is 1. The summed E-state index contributed by atoms with van der Waals surface area (Å²) in [5, 5.41) is 5.40. The van der Waals surface area contributed by atoms with Crippen molar-refractivity contribution in [2.45, 2.75) is 13.8 Å². The molecule has 0 fully saturated rings. The lowest BCUT2D eigenvalue weighted by atomic mass is 10.1. The molecule has 2 rings (SSSR count). The Morgan fingerprint density at radius 1 is 1.00 bits per heavy atom. The van der Waals surface area contributed by atoms with Crippen LogP contribution in [0.4, 0.5) is 5.69 Å². The van der Waals surface area contributed by atoms with Gasteiger partial charge in [0.25, 0.3) is 5.91 Å². The van der Waals surface area contributed by atoms with E-state index in [4.69, 9.17) is 0 Å². The van der Waals surface area contributed by atoms with Gasteiger partial charge in [-0.25, -0.2) is 0 Å². The van der Waals surface area contributed by atoms with Crippen molar-refractivity contribution in [3.8, 4) is 0 Å². The molecular weight excluding hydrogens is 410 g/mol. The second-order valence-electron chi connectivity index (χ2n) is 6.25. The van der Waals surface area contributed by atoms with Gasteiger partial charge in [-0.05, 0) is 49.2 Å². The van der Waals surface area contributed by atoms with Gasteiger partial charge in [-0.3, -0.25) is 14.4 Å². The van der Waals surface area contributed by atoms with Crippen LogP contribution in [0.1, 0.15) is 21.5 Å². The van der Waals surface area contributed by atoms with Gasteiger partial charge in [0.2, 0.25) is 11.8 Å². The van der Waals surface area contributed by atoms with Gasteiger partial charge in [0.15, 0.2) is 0 Å². The van der Waals surface area contributed by atoms with Crippen molar-refractivity contribution in [1.82, 2.24) is 10.2 Å². The van der Waals surface area contributed by atoms with E-state index in [9.17, 15) is 14.4 Å². The topological polar surface area (TPSA) is 78.5 Å². The molecule has 0 saturated carbocycles. The summed E-state index contributed by atoms with van der Waals surface area (Å²) >= 11 is 3.30. The molecule has 27 heavy (non-hydrogen) atoms. The zero-order valence-electron chi connectivity index (χ0n) is 15.5. The number of hydrogen-bond acceptors (Lipinski definition) is 3. The first-order chi connectivity index (χ1) is 12.8. The van der Waals surface area contributed by atoms with Gasteiger partial charge < -0.3 is 15.5 Å². The number of anilines is 1. The van der Waals surface area contributed by atoms with E-state index in [1.54, 1.807) is 24.3 Å². The molecule has 0 heterocycles. The van der Waals surface area contributed by atoms with Crippen LogP contribution in [0.2, 0.25) is 0 Å². The molecule has 2 aromatic rings. The second-order valence-corrected chi connectivity index (χ2v) is 7.17. The summed E-state index contributed by atoms with van der Waals surface area (Å²) < 4.78 is 0.866. The smallest absolute Gasteiger partial charge is 0.251 e. The van der Waals surface area contributed by atoms with E-state index in [1.165, 1.54) is 11.9 Å². The molecule has 6 nitrogen and oxygen atoms in total. The predicted octanol–water partition coefficient (Wildman–Crippen LogP) is 2.89. The lowest BCUT2D eigenvalue weighted by Gasteiger charge is -2.18. The third-order valence-corrected chi connectivity index (χ3v) is 4.59. The first kappa shape index (κ1) is 20.6. The Balaban J connectivity index is 1.85. The number of rotatable bonds is 6. The van der Waals surface area contributed by atoms with Crippen molar-refractivity contribution in [2.75, 3.05) is 25.5 Å². The number of amides is 3. The van der Waals surface area contributed by atoms with Crippen LogP contribution in [0, 0.1) is 13.8 Å². The maximum atomic E-state index is 12.2. The van der Waals surface area contributed by atoms with Gasteiger partial charge in [0, 0.05) is 22.8 Å². The minimum atomic E-state index is -0.350. The summed E-state index contributed by atoms with van der Waals surface area (Å²) in [6.07, 6.45) is 0. The van der Waals surface area contributed by atoms with Crippen molar-refractivity contribution in [3.63, 3.8) is 0 Å². The quantitative estimate of drug-likeness (QED) is 0.737. The van der Waals surface area contributed by atoms with E-state index >= 15 is 0 Å². The molecule has 142 valence electrons. The van der Waals surface area contributed by atoms with Gasteiger partial charge in [-0.1, -0.05) is 34.1 Å². The Morgan fingerprint density at radius 3 is 2.19 bits per heavy atom. The van der Waals surface area contributed by atoms with Crippen LogP contribution in [0.15, 0.2) is 46.9 Å². The maximum absolute atomic E-state index is 12.2. The Kier molecular flexibility index (Phi) is 7.12. The highest BCUT2D eigenvalue weighted by Gasteiger charge is 2.15. The number of nitrogens with one attached hydrogen (secondary N) is 2. The first-order valence-corrected chi connectivity index (χ1v) is 9.21. The van der Waals surface area contributed by atoms with E-state index in [1.807, 2.05) is 32.0 Å². The van der Waals surface area contributed by atoms with Crippen molar-refractivity contribution >= 4 is 39.3 Å². The summed E-state index contributed by atoms with van der Waals surface area (Å²) in [6, 6.07) is 12.6. The van der Waals surface area contributed by atoms with E-state index in [0.717, 1.165) is 21.3 Å². The molecule has 2 N–H and O–H groups in total. The molecule has 0 spiro atoms. The molecule has 0 aliphatic carbocycles. The van der Waals surface area contributed by atoms with Gasteiger partial charge in [-0.2, -0.15) is 0 Å². The Hall–Kier alpha value is -2.67. The fourth-order valence-electron chi connectivity index (χ4n) is 2.49. The van der Waals surface area contributed by atoms with Crippen LogP contribution in [-0.2, 0) is 9.59 Å². The number of benzene rings is 2. The molecule has 0 atom stereocenters. The third-order valence-electron chi connectivity index (χ3n) is 4.06. The number of nitrogens with zero attached hydrogens (tertiary/aromatic N) is 1. The highest BCUT2D eigenvalue weighted by atomic mass is 79.9. The molecule has 0 aliphatic heterocycles. The highest BCUT2D eigenvalue weighted by molar-refractivity contribution is 9.10. The molecule has 0 aliphatic rings. The average molecular weight is 432 g/mol. The van der Waals surface area contributed by atoms with E-state index in [2.05, 4.69) is 26.6 Å². The standard InChI is InChI=1S/C20H22BrN3O3/c1-13-5-4-6-14(2)19(13)23-17(25)12-24(3)18(26)11-22-20(27)15-7-9-16(21)10-8-15/h4-10H,11-12H2,1-3H3,(H,22,27)(H,23,25). The summed E-state index contributed by atoms with van der Waals surface area (Å²) in [7, 11) is 1.53. The number of carbonyl (C=O) groups excluding carboxylic acids is 3. The Labute approximate surface area is 167 Å². The Bertz CT molecular complexity index is 830. The number of carbonyl (C=O) groups is 3. The molecule has 7 heteroatoms. The number of hydrogen-bond donors (Lipinski definition) is 2. The minimum Gasteiger partial charge on any atom is -0.343 e. The van der Waals surface area contributed by atoms with Crippen LogP contribution < -0.4 is 10.6 Å². The van der Waals surface area contributed by atoms with Crippen molar-refractivity contribution in [3.05, 3.63) is 63.6 Å². The van der Waals surface area contributed by atoms with Crippen molar-refractivity contribution < 1.29 is 14.4 Å². The highest BCUT2D eigenvalue weighted by Crippen LogP contribution is 2.19. The zero-order chi connectivity index (χ0) is 20.0. The lowest BCUT2D eigenvalue weighted by molar-refractivity contribution is -0.132. The van der Waals surface area contributed by atoms with Crippen molar-refractivity contribution in [1.29, 1.82) is 0 Å². The molecule has 3 amide bonds. The fourth-order valence-corrected chi connectivity index (χ4v) is 2.75. The van der Waals surface area contributed by atoms with Gasteiger partial charge in [-0.15, -0.1) is 0 Å². The van der Waals surface area contributed by atoms with Crippen molar-refractivity contribution in [2.24, 2.45) is 0 Å². The number of likely N-dealkylation sites (N-methyl/N-ethyl adjacent to an activating group) is 1. The molecule has 0 saturated heterocycles. The zero-order valence-corrected chi connectivity index (χ0v) is 17.1. The van der Waals surface area contributed by atoms with Gasteiger partial charge in [0.05, 0.1) is 13.1 Å². The van der Waals surface area contributed by atoms with E-state index < -0.39 is 0 Å². The summed E-state index contributed by atoms with van der Waals surface area (Å²) in [4.78, 5) is 37.7. The Morgan fingerprint density at radius 2 is 1.59 bits per heavy atom. The fraction of sp³-hybridized carbons (Fsp3) is 0.250. The average Bonchev–Trinajstić information content (AvgIpc) is 2.63. The number of aryl methyl sites for hydroxylation is 2. The molecule has 0 unspecified atom stereocenters. The normalized spacial score (nSPS) is 10.2. The monoisotopic (exact) mass is 431 g/mol. The lowest BCUT2D eigenvalue weighted by Crippen LogP contribution is -2.41. The van der Waals surface area contributed by atoms with Gasteiger partial charge >= 0.3 is 0 Å². The van der Waals surface area contributed by atoms with Crippen LogP contribution in [0.25, 0.3) is 0 Å². The predicted molar refractivity (Wildman–Crippen MR) is 109 cm³/mol. The largest absolute Gasteiger partial charge is 0.343 e. The SMILES string of the molecule is Cc1cccc(C)c1NC(=O)CN(C)C(=O)CNC(=O)c1ccc(Br)cc1. The van der Waals surface area contributed by atoms with Crippen LogP contribution in [-0.4, -0.2) is 42.8 Å². The van der Waals surface area contributed by atoms with Gasteiger partial charge in [0.1, 0.15) is 0 Å². The molecule has 2 aromatic carbocycles. The van der Waals surface area contributed by atoms with Crippen LogP contribution >= 0.6 is 15.9 Å². The molecule has 0 radical (unpaired) electrons. The second kappa shape index (κ2) is 9.32. The summed E-state index contributed by atoms with van der Waals surface area (Å²) in [6.45, 7) is 3.55. The van der Waals surface area contributed by atoms with E-state index in [0.29, 0.717) is 5.56 Å². The van der Waals surface area contributed by atoms with Crippen LogP contribution in [0.5, 0.6) is 0 Å². The minimum absolute atomic E-state index is 0.0965. The van der Waals surface area contributed by atoms with E-state index in [-0.39, 0.29) is 30.8 Å². The molecule has 0 bridgehead atoms. The molecular formula is C20H22BrN3O3. The van der Waals surface area contributed by atoms with Crippen LogP contribution in [0.3, 0.4) is 0 Å². The third kappa shape index (κ3) is 5.92. The summed E-state index contributed by atoms with van der Waals surface area (Å²) in [5.74, 6) is -0.983. The first-order valence-electron chi connectivity index (χ1n) is 8.41. The maximum Gasteiger partial charge on any atom is 0.251 e. The molecule has 0 aromatic heterocycles. The number of halogens is 1.